The Hall–Kier alpha value is -0.340. The van der Waals surface area contributed by atoms with Crippen molar-refractivity contribution in [2.45, 2.75) is 33.1 Å². The predicted molar refractivity (Wildman–Crippen MR) is 65.0 cm³/mol. The first-order chi connectivity index (χ1) is 7.24. The molecule has 1 N–H and O–H groups in total. The van der Waals surface area contributed by atoms with Crippen LogP contribution in [0.15, 0.2) is 11.6 Å². The summed E-state index contributed by atoms with van der Waals surface area (Å²) in [6, 6.07) is 0. The molecule has 2 nitrogen and oxygen atoms in total. The normalized spacial score (nSPS) is 33.1. The fourth-order valence-electron chi connectivity index (χ4n) is 2.94. The maximum atomic E-state index is 3.52. The molecule has 15 heavy (non-hydrogen) atoms. The van der Waals surface area contributed by atoms with E-state index < -0.39 is 0 Å². The van der Waals surface area contributed by atoms with Gasteiger partial charge in [0.2, 0.25) is 0 Å². The molecule has 0 aromatic heterocycles. The summed E-state index contributed by atoms with van der Waals surface area (Å²) in [5.74, 6) is 0. The quantitative estimate of drug-likeness (QED) is 0.714. The van der Waals surface area contributed by atoms with Gasteiger partial charge in [-0.2, -0.15) is 0 Å². The van der Waals surface area contributed by atoms with Crippen LogP contribution in [0.1, 0.15) is 33.1 Å². The van der Waals surface area contributed by atoms with Crippen LogP contribution in [0.3, 0.4) is 0 Å². The lowest BCUT2D eigenvalue weighted by Crippen LogP contribution is -2.41. The molecule has 0 aromatic rings. The number of nitrogens with zero attached hydrogens (tertiary/aromatic N) is 1. The molecule has 2 heterocycles. The molecule has 2 aliphatic rings. The van der Waals surface area contributed by atoms with Gasteiger partial charge in [0, 0.05) is 26.2 Å². The first-order valence-electron chi connectivity index (χ1n) is 6.33. The van der Waals surface area contributed by atoms with Gasteiger partial charge in [0.05, 0.1) is 0 Å². The van der Waals surface area contributed by atoms with Crippen molar-refractivity contribution in [3.8, 4) is 0 Å². The average Bonchev–Trinajstić information content (AvgIpc) is 2.67. The molecule has 1 atom stereocenters. The van der Waals surface area contributed by atoms with Crippen molar-refractivity contribution < 1.29 is 0 Å². The summed E-state index contributed by atoms with van der Waals surface area (Å²) < 4.78 is 0. The van der Waals surface area contributed by atoms with Crippen LogP contribution < -0.4 is 5.32 Å². The van der Waals surface area contributed by atoms with E-state index in [1.807, 2.05) is 0 Å². The van der Waals surface area contributed by atoms with Crippen LogP contribution in [0.25, 0.3) is 0 Å². The molecule has 0 aliphatic carbocycles. The summed E-state index contributed by atoms with van der Waals surface area (Å²) in [4.78, 5) is 2.64. The monoisotopic (exact) mass is 208 g/mol. The molecule has 0 radical (unpaired) electrons. The largest absolute Gasteiger partial charge is 0.316 e. The Morgan fingerprint density at radius 2 is 2.40 bits per heavy atom. The molecule has 0 spiro atoms. The molecule has 0 amide bonds. The van der Waals surface area contributed by atoms with Gasteiger partial charge in [-0.3, -0.25) is 4.90 Å². The Morgan fingerprint density at radius 1 is 1.53 bits per heavy atom. The predicted octanol–water partition coefficient (Wildman–Crippen LogP) is 2.03. The second-order valence-electron chi connectivity index (χ2n) is 5.33. The van der Waals surface area contributed by atoms with Crippen molar-refractivity contribution in [2.75, 3.05) is 32.7 Å². The van der Waals surface area contributed by atoms with Gasteiger partial charge < -0.3 is 5.32 Å². The SMILES string of the molecule is CCC1(CN2CCC=C(C)C2)CCNC1. The van der Waals surface area contributed by atoms with Gasteiger partial charge in [0.25, 0.3) is 0 Å². The summed E-state index contributed by atoms with van der Waals surface area (Å²) in [7, 11) is 0. The molecule has 1 unspecified atom stereocenters. The highest BCUT2D eigenvalue weighted by molar-refractivity contribution is 5.05. The lowest BCUT2D eigenvalue weighted by Gasteiger charge is -2.35. The summed E-state index contributed by atoms with van der Waals surface area (Å²) in [6.45, 7) is 10.8. The van der Waals surface area contributed by atoms with Gasteiger partial charge in [-0.05, 0) is 38.1 Å². The number of nitrogens with one attached hydrogen (secondary N) is 1. The Balaban J connectivity index is 1.92. The van der Waals surface area contributed by atoms with E-state index in [4.69, 9.17) is 0 Å². The zero-order valence-corrected chi connectivity index (χ0v) is 10.2. The molecule has 2 heteroatoms. The van der Waals surface area contributed by atoms with Gasteiger partial charge >= 0.3 is 0 Å². The highest BCUT2D eigenvalue weighted by Crippen LogP contribution is 2.31. The number of hydrogen-bond acceptors (Lipinski definition) is 2. The smallest absolute Gasteiger partial charge is 0.0190 e. The Morgan fingerprint density at radius 3 is 3.00 bits per heavy atom. The zero-order chi connectivity index (χ0) is 10.7. The van der Waals surface area contributed by atoms with Crippen LogP contribution in [-0.2, 0) is 0 Å². The average molecular weight is 208 g/mol. The number of hydrogen-bond donors (Lipinski definition) is 1. The molecule has 1 fully saturated rings. The summed E-state index contributed by atoms with van der Waals surface area (Å²) in [6.07, 6.45) is 6.32. The van der Waals surface area contributed by atoms with Crippen LogP contribution in [0.4, 0.5) is 0 Å². The minimum Gasteiger partial charge on any atom is -0.316 e. The summed E-state index contributed by atoms with van der Waals surface area (Å²) >= 11 is 0. The van der Waals surface area contributed by atoms with Crippen LogP contribution in [0.2, 0.25) is 0 Å². The second-order valence-corrected chi connectivity index (χ2v) is 5.33. The lowest BCUT2D eigenvalue weighted by atomic mass is 9.83. The maximum Gasteiger partial charge on any atom is 0.0190 e. The molecular weight excluding hydrogens is 184 g/mol. The first kappa shape index (κ1) is 11.2. The minimum atomic E-state index is 0.567. The lowest BCUT2D eigenvalue weighted by molar-refractivity contribution is 0.165. The van der Waals surface area contributed by atoms with Crippen molar-refractivity contribution in [1.29, 1.82) is 0 Å². The van der Waals surface area contributed by atoms with Gasteiger partial charge in [-0.15, -0.1) is 0 Å². The molecule has 2 aliphatic heterocycles. The second kappa shape index (κ2) is 4.67. The Bertz CT molecular complexity index is 239. The van der Waals surface area contributed by atoms with Gasteiger partial charge in [0.1, 0.15) is 0 Å². The van der Waals surface area contributed by atoms with Crippen LogP contribution in [-0.4, -0.2) is 37.6 Å². The van der Waals surface area contributed by atoms with E-state index in [2.05, 4.69) is 30.1 Å². The van der Waals surface area contributed by atoms with E-state index in [0.717, 1.165) is 0 Å². The van der Waals surface area contributed by atoms with Crippen molar-refractivity contribution >= 4 is 0 Å². The Kier molecular flexibility index (Phi) is 3.47. The third kappa shape index (κ3) is 2.61. The number of rotatable bonds is 3. The van der Waals surface area contributed by atoms with E-state index in [-0.39, 0.29) is 0 Å². The van der Waals surface area contributed by atoms with E-state index in [0.29, 0.717) is 5.41 Å². The van der Waals surface area contributed by atoms with Crippen molar-refractivity contribution in [3.05, 3.63) is 11.6 Å². The topological polar surface area (TPSA) is 15.3 Å². The summed E-state index contributed by atoms with van der Waals surface area (Å²) in [5, 5.41) is 3.52. The fraction of sp³-hybridized carbons (Fsp3) is 0.846. The fourth-order valence-corrected chi connectivity index (χ4v) is 2.94. The van der Waals surface area contributed by atoms with Gasteiger partial charge in [-0.1, -0.05) is 18.6 Å². The van der Waals surface area contributed by atoms with Crippen molar-refractivity contribution in [2.24, 2.45) is 5.41 Å². The molecule has 86 valence electrons. The Labute approximate surface area is 93.7 Å². The highest BCUT2D eigenvalue weighted by atomic mass is 15.1. The zero-order valence-electron chi connectivity index (χ0n) is 10.2. The van der Waals surface area contributed by atoms with E-state index >= 15 is 0 Å². The van der Waals surface area contributed by atoms with E-state index in [9.17, 15) is 0 Å². The molecule has 0 bridgehead atoms. The molecule has 2 rings (SSSR count). The highest BCUT2D eigenvalue weighted by Gasteiger charge is 2.33. The standard InChI is InChI=1S/C13H24N2/c1-3-13(6-7-14-10-13)11-15-8-4-5-12(2)9-15/h5,14H,3-4,6-11H2,1-2H3. The third-order valence-corrected chi connectivity index (χ3v) is 4.05. The maximum absolute atomic E-state index is 3.52. The molecular formula is C13H24N2. The summed E-state index contributed by atoms with van der Waals surface area (Å²) in [5.41, 5.74) is 2.12. The minimum absolute atomic E-state index is 0.567. The third-order valence-electron chi connectivity index (χ3n) is 4.05. The van der Waals surface area contributed by atoms with Crippen LogP contribution in [0, 0.1) is 5.41 Å². The van der Waals surface area contributed by atoms with E-state index in [1.54, 1.807) is 5.57 Å². The van der Waals surface area contributed by atoms with Crippen molar-refractivity contribution in [1.82, 2.24) is 10.2 Å². The molecule has 0 saturated carbocycles. The van der Waals surface area contributed by atoms with Crippen molar-refractivity contribution in [3.63, 3.8) is 0 Å². The van der Waals surface area contributed by atoms with Crippen LogP contribution >= 0.6 is 0 Å². The first-order valence-corrected chi connectivity index (χ1v) is 6.33. The van der Waals surface area contributed by atoms with Crippen LogP contribution in [0.5, 0.6) is 0 Å². The molecule has 0 aromatic carbocycles. The molecule has 1 saturated heterocycles. The van der Waals surface area contributed by atoms with Gasteiger partial charge in [-0.25, -0.2) is 0 Å². The van der Waals surface area contributed by atoms with E-state index in [1.165, 1.54) is 52.0 Å². The van der Waals surface area contributed by atoms with Gasteiger partial charge in [0.15, 0.2) is 0 Å².